The molecule has 0 spiro atoms. The first kappa shape index (κ1) is 64.3. The average molecular weight is 950 g/mol. The van der Waals surface area contributed by atoms with E-state index in [4.69, 9.17) is 14.2 Å². The number of unbranched alkanes of at least 4 members (excludes halogenated alkanes) is 28. The topological polar surface area (TPSA) is 71.5 Å². The summed E-state index contributed by atoms with van der Waals surface area (Å²) < 4.78 is 19.1. The molecular formula is C60H120N2O5. The minimum Gasteiger partial charge on any atom is -0.465 e. The standard InChI is InChI=1S/C60H120N2O5/c1-5-9-13-17-20-22-24-26-31-40-52-65-56-59(66-53-41-32-27-25-23-21-18-14-10-6-2)54-61(48-49-62(50-51-63)58-44-36-29-30-37-45-58)47-39-33-38-46-60(64)67-55-57(42-34-16-12-8-4)43-35-28-19-15-11-7-3/h57-59,63H,5-56H2,1-4H3. The Balaban J connectivity index is 2.80. The number of esters is 1. The van der Waals surface area contributed by atoms with Gasteiger partial charge in [-0.3, -0.25) is 14.6 Å². The van der Waals surface area contributed by atoms with Crippen LogP contribution in [0.1, 0.15) is 297 Å². The summed E-state index contributed by atoms with van der Waals surface area (Å²) >= 11 is 0. The van der Waals surface area contributed by atoms with Crippen LogP contribution in [0.3, 0.4) is 0 Å². The number of hydrogen-bond donors (Lipinski definition) is 1. The third-order valence-corrected chi connectivity index (χ3v) is 15.0. The predicted octanol–water partition coefficient (Wildman–Crippen LogP) is 17.0. The van der Waals surface area contributed by atoms with Gasteiger partial charge in [0.15, 0.2) is 0 Å². The van der Waals surface area contributed by atoms with E-state index in [-0.39, 0.29) is 18.7 Å². The van der Waals surface area contributed by atoms with Gasteiger partial charge in [0.25, 0.3) is 0 Å². The predicted molar refractivity (Wildman–Crippen MR) is 291 cm³/mol. The Labute approximate surface area is 419 Å². The third-order valence-electron chi connectivity index (χ3n) is 15.0. The third kappa shape index (κ3) is 42.6. The molecule has 1 saturated carbocycles. The van der Waals surface area contributed by atoms with E-state index >= 15 is 0 Å². The van der Waals surface area contributed by atoms with E-state index in [1.165, 1.54) is 231 Å². The molecule has 0 aromatic rings. The van der Waals surface area contributed by atoms with Crippen molar-refractivity contribution in [1.82, 2.24) is 9.80 Å². The van der Waals surface area contributed by atoms with Crippen molar-refractivity contribution in [3.63, 3.8) is 0 Å². The smallest absolute Gasteiger partial charge is 0.305 e. The van der Waals surface area contributed by atoms with E-state index in [0.717, 1.165) is 78.0 Å². The second-order valence-corrected chi connectivity index (χ2v) is 21.4. The molecule has 0 amide bonds. The normalized spacial score (nSPS) is 14.6. The highest BCUT2D eigenvalue weighted by atomic mass is 16.5. The minimum absolute atomic E-state index is 0.00130. The number of carbonyl (C=O) groups is 1. The Kier molecular flexibility index (Phi) is 49.5. The molecule has 1 N–H and O–H groups in total. The van der Waals surface area contributed by atoms with Crippen LogP contribution in [0.4, 0.5) is 0 Å². The molecule has 1 aliphatic carbocycles. The van der Waals surface area contributed by atoms with E-state index in [9.17, 15) is 9.90 Å². The van der Waals surface area contributed by atoms with E-state index in [1.54, 1.807) is 0 Å². The van der Waals surface area contributed by atoms with Gasteiger partial charge in [0.2, 0.25) is 0 Å². The SMILES string of the molecule is CCCCCCCCCCCCOCC(CN(CCCCCC(=O)OCC(CCCCCC)CCCCCCCC)CCN(CCO)C1CCCCCC1)OCCCCCCCCCCCC. The van der Waals surface area contributed by atoms with Gasteiger partial charge < -0.3 is 19.3 Å². The quantitative estimate of drug-likeness (QED) is 0.0370. The number of nitrogens with zero attached hydrogens (tertiary/aromatic N) is 2. The lowest BCUT2D eigenvalue weighted by Gasteiger charge is -2.34. The molecular weight excluding hydrogens is 829 g/mol. The number of rotatable bonds is 53. The summed E-state index contributed by atoms with van der Waals surface area (Å²) in [4.78, 5) is 18.3. The number of hydrogen-bond acceptors (Lipinski definition) is 7. The second-order valence-electron chi connectivity index (χ2n) is 21.4. The van der Waals surface area contributed by atoms with Gasteiger partial charge in [0, 0.05) is 51.9 Å². The molecule has 2 unspecified atom stereocenters. The molecule has 0 bridgehead atoms. The van der Waals surface area contributed by atoms with Crippen molar-refractivity contribution in [2.24, 2.45) is 5.92 Å². The lowest BCUT2D eigenvalue weighted by Crippen LogP contribution is -2.45. The highest BCUT2D eigenvalue weighted by Crippen LogP contribution is 2.23. The van der Waals surface area contributed by atoms with Crippen LogP contribution >= 0.6 is 0 Å². The maximum atomic E-state index is 13.0. The van der Waals surface area contributed by atoms with Gasteiger partial charge in [0.05, 0.1) is 25.9 Å². The molecule has 0 heterocycles. The Morgan fingerprint density at radius 1 is 0.493 bits per heavy atom. The van der Waals surface area contributed by atoms with Crippen molar-refractivity contribution in [2.45, 2.75) is 310 Å². The van der Waals surface area contributed by atoms with Crippen molar-refractivity contribution in [2.75, 3.05) is 65.8 Å². The largest absolute Gasteiger partial charge is 0.465 e. The molecule has 400 valence electrons. The maximum Gasteiger partial charge on any atom is 0.305 e. The Morgan fingerprint density at radius 3 is 1.48 bits per heavy atom. The van der Waals surface area contributed by atoms with Crippen molar-refractivity contribution in [3.8, 4) is 0 Å². The second kappa shape index (κ2) is 51.6. The molecule has 1 fully saturated rings. The molecule has 0 saturated heterocycles. The minimum atomic E-state index is 0.00130. The van der Waals surface area contributed by atoms with E-state index in [1.807, 2.05) is 0 Å². The summed E-state index contributed by atoms with van der Waals surface area (Å²) in [5, 5.41) is 10.1. The molecule has 2 atom stereocenters. The van der Waals surface area contributed by atoms with Gasteiger partial charge in [-0.2, -0.15) is 0 Å². The number of ether oxygens (including phenoxy) is 3. The summed E-state index contributed by atoms with van der Waals surface area (Å²) in [5.41, 5.74) is 0. The van der Waals surface area contributed by atoms with E-state index < -0.39 is 0 Å². The van der Waals surface area contributed by atoms with E-state index in [2.05, 4.69) is 37.5 Å². The number of aliphatic hydroxyl groups excluding tert-OH is 1. The van der Waals surface area contributed by atoms with Crippen LogP contribution in [0.15, 0.2) is 0 Å². The van der Waals surface area contributed by atoms with Crippen LogP contribution < -0.4 is 0 Å². The fourth-order valence-corrected chi connectivity index (χ4v) is 10.4. The van der Waals surface area contributed by atoms with E-state index in [0.29, 0.717) is 31.6 Å². The van der Waals surface area contributed by atoms with Crippen LogP contribution in [0.25, 0.3) is 0 Å². The molecule has 0 aromatic carbocycles. The summed E-state index contributed by atoms with van der Waals surface area (Å²) in [5.74, 6) is 0.518. The lowest BCUT2D eigenvalue weighted by atomic mass is 9.95. The summed E-state index contributed by atoms with van der Waals surface area (Å²) in [6.07, 6.45) is 53.6. The van der Waals surface area contributed by atoms with Gasteiger partial charge in [-0.15, -0.1) is 0 Å². The first-order chi connectivity index (χ1) is 33.1. The first-order valence-electron chi connectivity index (χ1n) is 30.5. The maximum absolute atomic E-state index is 13.0. The number of carbonyl (C=O) groups excluding carboxylic acids is 1. The zero-order valence-electron chi connectivity index (χ0n) is 46.0. The zero-order valence-corrected chi connectivity index (χ0v) is 46.0. The van der Waals surface area contributed by atoms with Crippen LogP contribution in [0.2, 0.25) is 0 Å². The molecule has 1 rings (SSSR count). The monoisotopic (exact) mass is 949 g/mol. The molecule has 0 aromatic heterocycles. The van der Waals surface area contributed by atoms with Crippen LogP contribution in [-0.4, -0.2) is 98.8 Å². The molecule has 7 heteroatoms. The van der Waals surface area contributed by atoms with Gasteiger partial charge in [-0.05, 0) is 63.8 Å². The highest BCUT2D eigenvalue weighted by Gasteiger charge is 2.22. The summed E-state index contributed by atoms with van der Waals surface area (Å²) in [7, 11) is 0. The summed E-state index contributed by atoms with van der Waals surface area (Å²) in [6.45, 7) is 16.9. The zero-order chi connectivity index (χ0) is 48.4. The Morgan fingerprint density at radius 2 is 0.955 bits per heavy atom. The fourth-order valence-electron chi connectivity index (χ4n) is 10.4. The van der Waals surface area contributed by atoms with Crippen molar-refractivity contribution in [3.05, 3.63) is 0 Å². The van der Waals surface area contributed by atoms with Crippen LogP contribution in [-0.2, 0) is 19.0 Å². The van der Waals surface area contributed by atoms with Gasteiger partial charge in [-0.25, -0.2) is 0 Å². The molecule has 67 heavy (non-hydrogen) atoms. The Bertz CT molecular complexity index is 976. The molecule has 7 nitrogen and oxygen atoms in total. The van der Waals surface area contributed by atoms with Crippen molar-refractivity contribution >= 4 is 5.97 Å². The van der Waals surface area contributed by atoms with Gasteiger partial charge in [-0.1, -0.05) is 240 Å². The number of aliphatic hydroxyl groups is 1. The van der Waals surface area contributed by atoms with Crippen LogP contribution in [0, 0.1) is 5.92 Å². The van der Waals surface area contributed by atoms with Crippen LogP contribution in [0.5, 0.6) is 0 Å². The van der Waals surface area contributed by atoms with Crippen molar-refractivity contribution in [1.29, 1.82) is 0 Å². The van der Waals surface area contributed by atoms with Crippen molar-refractivity contribution < 1.29 is 24.1 Å². The highest BCUT2D eigenvalue weighted by molar-refractivity contribution is 5.69. The fraction of sp³-hybridized carbons (Fsp3) is 0.983. The molecule has 0 aliphatic heterocycles. The molecule has 1 aliphatic rings. The first-order valence-corrected chi connectivity index (χ1v) is 30.5. The summed E-state index contributed by atoms with van der Waals surface area (Å²) in [6, 6.07) is 0.581. The average Bonchev–Trinajstić information content (AvgIpc) is 3.63. The molecule has 0 radical (unpaired) electrons. The lowest BCUT2D eigenvalue weighted by molar-refractivity contribution is -0.145. The van der Waals surface area contributed by atoms with Gasteiger partial charge in [0.1, 0.15) is 0 Å². The van der Waals surface area contributed by atoms with Gasteiger partial charge >= 0.3 is 5.97 Å². The Hall–Kier alpha value is -0.730.